The molecule has 3 nitrogen and oxygen atoms in total. The fraction of sp³-hybridized carbons (Fsp3) is 0.172. The van der Waals surface area contributed by atoms with Gasteiger partial charge in [0.25, 0.3) is 0 Å². The highest BCUT2D eigenvalue weighted by molar-refractivity contribution is 6.42. The maximum absolute atomic E-state index is 15.3. The summed E-state index contributed by atoms with van der Waals surface area (Å²) in [5.41, 5.74) is -2.27. The van der Waals surface area contributed by atoms with E-state index < -0.39 is 53.7 Å². The minimum absolute atomic E-state index is 0.0588. The smallest absolute Gasteiger partial charge is 0.416 e. The molecule has 41 heavy (non-hydrogen) atoms. The molecule has 0 spiro atoms. The molecule has 0 bridgehead atoms. The van der Waals surface area contributed by atoms with Gasteiger partial charge in [0, 0.05) is 11.3 Å². The van der Waals surface area contributed by atoms with Crippen molar-refractivity contribution < 1.29 is 40.6 Å². The number of hydrogen-bond donors (Lipinski definition) is 1. The highest BCUT2D eigenvalue weighted by Crippen LogP contribution is 2.40. The topological polar surface area (TPSA) is 32.7 Å². The summed E-state index contributed by atoms with van der Waals surface area (Å²) >= 11 is 12.4. The monoisotopic (exact) mass is 617 g/mol. The number of aliphatic hydroxyl groups is 1. The highest BCUT2D eigenvalue weighted by Gasteiger charge is 2.35. The number of aliphatic hydroxyl groups excluding tert-OH is 1. The molecule has 0 aliphatic rings. The number of para-hydroxylation sites is 1. The van der Waals surface area contributed by atoms with Crippen LogP contribution in [0.1, 0.15) is 34.6 Å². The van der Waals surface area contributed by atoms with Gasteiger partial charge in [0.1, 0.15) is 16.6 Å². The predicted octanol–water partition coefficient (Wildman–Crippen LogP) is 9.49. The van der Waals surface area contributed by atoms with Crippen molar-refractivity contribution in [1.29, 1.82) is 0 Å². The van der Waals surface area contributed by atoms with Crippen LogP contribution in [0.4, 0.5) is 36.4 Å². The molecule has 4 rings (SSSR count). The first-order valence-corrected chi connectivity index (χ1v) is 12.7. The van der Waals surface area contributed by atoms with Crippen molar-refractivity contribution in [1.82, 2.24) is 0 Å². The van der Waals surface area contributed by atoms with Crippen LogP contribution in [0.5, 0.6) is 5.75 Å². The van der Waals surface area contributed by atoms with E-state index in [0.29, 0.717) is 23.9 Å². The van der Waals surface area contributed by atoms with E-state index in [1.807, 2.05) is 0 Å². The Labute approximate surface area is 240 Å². The van der Waals surface area contributed by atoms with Crippen LogP contribution in [0.25, 0.3) is 0 Å². The van der Waals surface area contributed by atoms with Gasteiger partial charge in [-0.15, -0.1) is 0 Å². The van der Waals surface area contributed by atoms with Gasteiger partial charge in [0.05, 0.1) is 28.8 Å². The maximum atomic E-state index is 15.3. The zero-order valence-electron chi connectivity index (χ0n) is 20.7. The lowest BCUT2D eigenvalue weighted by Crippen LogP contribution is -2.37. The Morgan fingerprint density at radius 3 is 1.98 bits per heavy atom. The summed E-state index contributed by atoms with van der Waals surface area (Å²) in [5, 5.41) is 11.0. The van der Waals surface area contributed by atoms with E-state index in [2.05, 4.69) is 0 Å². The van der Waals surface area contributed by atoms with Crippen LogP contribution in [-0.2, 0) is 12.4 Å². The van der Waals surface area contributed by atoms with Crippen LogP contribution >= 0.6 is 23.2 Å². The molecule has 216 valence electrons. The van der Waals surface area contributed by atoms with Gasteiger partial charge in [0.15, 0.2) is 0 Å². The highest BCUT2D eigenvalue weighted by atomic mass is 35.5. The lowest BCUT2D eigenvalue weighted by molar-refractivity contribution is -0.138. The van der Waals surface area contributed by atoms with Gasteiger partial charge in [-0.1, -0.05) is 59.6 Å². The molecule has 0 amide bonds. The van der Waals surface area contributed by atoms with Crippen molar-refractivity contribution in [3.8, 4) is 5.75 Å². The van der Waals surface area contributed by atoms with Crippen molar-refractivity contribution in [2.75, 3.05) is 11.4 Å². The number of benzene rings is 4. The molecule has 1 N–H and O–H groups in total. The summed E-state index contributed by atoms with van der Waals surface area (Å²) in [6.45, 7) is -0.437. The Balaban J connectivity index is 1.84. The zero-order chi connectivity index (χ0) is 29.9. The van der Waals surface area contributed by atoms with Crippen LogP contribution in [0, 0.1) is 5.82 Å². The van der Waals surface area contributed by atoms with Crippen molar-refractivity contribution in [3.63, 3.8) is 0 Å². The Morgan fingerprint density at radius 1 is 0.756 bits per heavy atom. The normalized spacial score (nSPS) is 13.5. The second-order valence-electron chi connectivity index (χ2n) is 8.88. The Bertz CT molecular complexity index is 1480. The first-order valence-electron chi connectivity index (χ1n) is 11.9. The van der Waals surface area contributed by atoms with Gasteiger partial charge in [-0.25, -0.2) is 4.39 Å². The number of anilines is 1. The molecule has 0 heterocycles. The molecule has 0 saturated heterocycles. The minimum Gasteiger partial charge on any atom is -0.465 e. The fourth-order valence-corrected chi connectivity index (χ4v) is 4.38. The first-order chi connectivity index (χ1) is 19.3. The molecule has 0 saturated carbocycles. The van der Waals surface area contributed by atoms with Crippen LogP contribution in [0.15, 0.2) is 91.0 Å². The summed E-state index contributed by atoms with van der Waals surface area (Å²) < 4.78 is 101. The molecular weight excluding hydrogens is 598 g/mol. The summed E-state index contributed by atoms with van der Waals surface area (Å²) in [6.07, 6.45) is -12.6. The Hall–Kier alpha value is -3.47. The third kappa shape index (κ3) is 7.25. The van der Waals surface area contributed by atoms with E-state index in [4.69, 9.17) is 27.9 Å². The summed E-state index contributed by atoms with van der Waals surface area (Å²) in [5.74, 6) is -1.14. The number of rotatable bonds is 8. The van der Waals surface area contributed by atoms with Crippen LogP contribution in [0.3, 0.4) is 0 Å². The molecule has 0 aliphatic carbocycles. The molecule has 4 aromatic rings. The van der Waals surface area contributed by atoms with Crippen LogP contribution in [-0.4, -0.2) is 11.7 Å². The first kappa shape index (κ1) is 30.5. The van der Waals surface area contributed by atoms with Crippen molar-refractivity contribution in [3.05, 3.63) is 129 Å². The molecule has 12 heteroatoms. The molecule has 4 aromatic carbocycles. The summed E-state index contributed by atoms with van der Waals surface area (Å²) in [6, 6.07) is 17.7. The van der Waals surface area contributed by atoms with E-state index in [1.165, 1.54) is 23.1 Å². The van der Waals surface area contributed by atoms with Crippen LogP contribution in [0.2, 0.25) is 10.0 Å². The second-order valence-corrected chi connectivity index (χ2v) is 9.66. The number of halogens is 9. The van der Waals surface area contributed by atoms with E-state index in [1.54, 1.807) is 30.3 Å². The minimum atomic E-state index is -4.82. The summed E-state index contributed by atoms with van der Waals surface area (Å²) in [7, 11) is 0. The lowest BCUT2D eigenvalue weighted by atomic mass is 10.0. The maximum Gasteiger partial charge on any atom is 0.416 e. The quantitative estimate of drug-likeness (QED) is 0.158. The standard InChI is InChI=1S/C29H20Cl2F7NO2/c30-22-7-4-8-25(26(22)31)41-27(21-15-19(29(36,37)38)13-14-23(21)32)39(20-5-2-1-3-6-20)16-24(40)17-9-11-18(12-10-17)28(33,34)35/h1-15,24,27,40H,16H2. The Kier molecular flexibility index (Phi) is 9.06. The van der Waals surface area contributed by atoms with Gasteiger partial charge in [-0.05, 0) is 60.2 Å². The van der Waals surface area contributed by atoms with Gasteiger partial charge >= 0.3 is 12.4 Å². The average molecular weight is 618 g/mol. The fourth-order valence-electron chi connectivity index (χ4n) is 4.04. The zero-order valence-corrected chi connectivity index (χ0v) is 22.2. The number of ether oxygens (including phenoxy) is 1. The third-order valence-corrected chi connectivity index (χ3v) is 6.91. The van der Waals surface area contributed by atoms with Crippen molar-refractivity contribution in [2.45, 2.75) is 24.7 Å². The molecule has 0 aliphatic heterocycles. The van der Waals surface area contributed by atoms with Crippen LogP contribution < -0.4 is 9.64 Å². The summed E-state index contributed by atoms with van der Waals surface area (Å²) in [4.78, 5) is 1.28. The van der Waals surface area contributed by atoms with Gasteiger partial charge < -0.3 is 14.7 Å². The van der Waals surface area contributed by atoms with E-state index >= 15 is 4.39 Å². The van der Waals surface area contributed by atoms with Gasteiger partial charge in [-0.2, -0.15) is 26.3 Å². The second kappa shape index (κ2) is 12.2. The van der Waals surface area contributed by atoms with Gasteiger partial charge in [0.2, 0.25) is 6.23 Å². The Morgan fingerprint density at radius 2 is 1.37 bits per heavy atom. The lowest BCUT2D eigenvalue weighted by Gasteiger charge is -2.36. The molecule has 0 radical (unpaired) electrons. The average Bonchev–Trinajstić information content (AvgIpc) is 2.92. The molecular formula is C29H20Cl2F7NO2. The SMILES string of the molecule is OC(CN(c1ccccc1)C(Oc1cccc(Cl)c1Cl)c1cc(C(F)(F)F)ccc1F)c1ccc(C(F)(F)F)cc1. The van der Waals surface area contributed by atoms with E-state index in [9.17, 15) is 31.4 Å². The molecule has 0 aromatic heterocycles. The largest absolute Gasteiger partial charge is 0.465 e. The van der Waals surface area contributed by atoms with E-state index in [0.717, 1.165) is 24.3 Å². The number of alkyl halides is 6. The molecule has 2 unspecified atom stereocenters. The van der Waals surface area contributed by atoms with Crippen molar-refractivity contribution in [2.24, 2.45) is 0 Å². The number of hydrogen-bond acceptors (Lipinski definition) is 3. The molecule has 0 fully saturated rings. The molecule has 2 atom stereocenters. The van der Waals surface area contributed by atoms with Gasteiger partial charge in [-0.3, -0.25) is 0 Å². The van der Waals surface area contributed by atoms with E-state index in [-0.39, 0.29) is 21.4 Å². The third-order valence-electron chi connectivity index (χ3n) is 6.11. The number of nitrogens with zero attached hydrogens (tertiary/aromatic N) is 1. The van der Waals surface area contributed by atoms with Crippen molar-refractivity contribution >= 4 is 28.9 Å². The predicted molar refractivity (Wildman–Crippen MR) is 141 cm³/mol.